The second-order valence-electron chi connectivity index (χ2n) is 6.01. The van der Waals surface area contributed by atoms with Gasteiger partial charge in [-0.1, -0.05) is 32.8 Å². The molecule has 1 aromatic heterocycles. The number of methoxy groups -OCH3 is 1. The van der Waals surface area contributed by atoms with Gasteiger partial charge >= 0.3 is 6.01 Å². The number of anilines is 1. The van der Waals surface area contributed by atoms with Crippen LogP contribution in [0, 0.1) is 5.41 Å². The summed E-state index contributed by atoms with van der Waals surface area (Å²) in [4.78, 5) is 0. The summed E-state index contributed by atoms with van der Waals surface area (Å²) in [5.74, 6) is 0.608. The molecule has 6 heteroatoms. The Balaban J connectivity index is 1.87. The van der Waals surface area contributed by atoms with Crippen LogP contribution in [0.4, 0.5) is 6.01 Å². The summed E-state index contributed by atoms with van der Waals surface area (Å²) in [7, 11) is 1.75. The lowest BCUT2D eigenvalue weighted by atomic mass is 9.64. The molecule has 19 heavy (non-hydrogen) atoms. The molecule has 2 unspecified atom stereocenters. The average molecular weight is 268 g/mol. The summed E-state index contributed by atoms with van der Waals surface area (Å²) in [5.41, 5.74) is 0.0829. The Hall–Kier alpha value is -1.14. The molecular weight excluding hydrogens is 244 g/mol. The van der Waals surface area contributed by atoms with Gasteiger partial charge in [-0.15, -0.1) is 5.10 Å². The molecular formula is C13H24N4O2. The van der Waals surface area contributed by atoms with E-state index in [0.717, 1.165) is 6.42 Å². The Bertz CT molecular complexity index is 417. The van der Waals surface area contributed by atoms with E-state index in [-0.39, 0.29) is 11.5 Å². The Morgan fingerprint density at radius 3 is 2.74 bits per heavy atom. The maximum Gasteiger partial charge on any atom is 0.315 e. The van der Waals surface area contributed by atoms with Crippen LogP contribution in [0.3, 0.4) is 0 Å². The van der Waals surface area contributed by atoms with Crippen LogP contribution in [-0.2, 0) is 11.3 Å². The SMILES string of the molecule is COC1CC(Nc2nnc(CNC(C)C)o2)C1(C)C. The van der Waals surface area contributed by atoms with Crippen molar-refractivity contribution in [1.29, 1.82) is 0 Å². The smallest absolute Gasteiger partial charge is 0.315 e. The van der Waals surface area contributed by atoms with Crippen molar-refractivity contribution in [3.8, 4) is 0 Å². The molecule has 0 saturated heterocycles. The fraction of sp³-hybridized carbons (Fsp3) is 0.846. The number of aromatic nitrogens is 2. The van der Waals surface area contributed by atoms with Gasteiger partial charge in [-0.05, 0) is 6.42 Å². The van der Waals surface area contributed by atoms with Crippen molar-refractivity contribution in [2.75, 3.05) is 12.4 Å². The molecule has 2 N–H and O–H groups in total. The van der Waals surface area contributed by atoms with Gasteiger partial charge < -0.3 is 19.8 Å². The van der Waals surface area contributed by atoms with E-state index in [1.54, 1.807) is 7.11 Å². The summed E-state index contributed by atoms with van der Waals surface area (Å²) in [6, 6.07) is 1.20. The highest BCUT2D eigenvalue weighted by atomic mass is 16.5. The van der Waals surface area contributed by atoms with E-state index in [2.05, 4.69) is 48.5 Å². The van der Waals surface area contributed by atoms with Gasteiger partial charge in [0.25, 0.3) is 0 Å². The lowest BCUT2D eigenvalue weighted by molar-refractivity contribution is -0.0800. The van der Waals surface area contributed by atoms with Gasteiger partial charge in [-0.25, -0.2) is 0 Å². The summed E-state index contributed by atoms with van der Waals surface area (Å²) < 4.78 is 11.0. The molecule has 1 saturated carbocycles. The third-order valence-electron chi connectivity index (χ3n) is 3.89. The number of hydrogen-bond donors (Lipinski definition) is 2. The number of rotatable bonds is 6. The molecule has 0 bridgehead atoms. The fourth-order valence-corrected chi connectivity index (χ4v) is 2.35. The van der Waals surface area contributed by atoms with E-state index in [0.29, 0.717) is 30.5 Å². The third kappa shape index (κ3) is 3.06. The predicted molar refractivity (Wildman–Crippen MR) is 72.9 cm³/mol. The minimum Gasteiger partial charge on any atom is -0.407 e. The summed E-state index contributed by atoms with van der Waals surface area (Å²) in [5, 5.41) is 14.6. The molecule has 0 spiro atoms. The molecule has 1 fully saturated rings. The molecule has 0 aromatic carbocycles. The zero-order chi connectivity index (χ0) is 14.0. The monoisotopic (exact) mass is 268 g/mol. The summed E-state index contributed by atoms with van der Waals surface area (Å²) >= 11 is 0. The number of ether oxygens (including phenoxy) is 1. The standard InChI is InChI=1S/C13H24N4O2/c1-8(2)14-7-11-16-17-12(19-11)15-9-6-10(18-5)13(9,3)4/h8-10,14H,6-7H2,1-5H3,(H,15,17). The van der Waals surface area contributed by atoms with Crippen LogP contribution >= 0.6 is 0 Å². The first-order valence-electron chi connectivity index (χ1n) is 6.78. The average Bonchev–Trinajstić information content (AvgIpc) is 2.79. The van der Waals surface area contributed by atoms with Gasteiger partial charge in [0.15, 0.2) is 0 Å². The molecule has 0 aliphatic heterocycles. The highest BCUT2D eigenvalue weighted by Gasteiger charge is 2.49. The van der Waals surface area contributed by atoms with E-state index in [9.17, 15) is 0 Å². The second-order valence-corrected chi connectivity index (χ2v) is 6.01. The highest BCUT2D eigenvalue weighted by molar-refractivity contribution is 5.25. The van der Waals surface area contributed by atoms with Crippen molar-refractivity contribution in [2.24, 2.45) is 5.41 Å². The maximum atomic E-state index is 5.57. The first kappa shape index (κ1) is 14.3. The number of nitrogens with one attached hydrogen (secondary N) is 2. The van der Waals surface area contributed by atoms with E-state index >= 15 is 0 Å². The van der Waals surface area contributed by atoms with Crippen LogP contribution in [0.1, 0.15) is 40.0 Å². The minimum atomic E-state index is 0.0829. The molecule has 2 rings (SSSR count). The van der Waals surface area contributed by atoms with Crippen LogP contribution < -0.4 is 10.6 Å². The lowest BCUT2D eigenvalue weighted by Crippen LogP contribution is -2.57. The van der Waals surface area contributed by atoms with Crippen molar-refractivity contribution < 1.29 is 9.15 Å². The Labute approximate surface area is 114 Å². The zero-order valence-corrected chi connectivity index (χ0v) is 12.4. The summed E-state index contributed by atoms with van der Waals surface area (Å²) in [6.45, 7) is 9.12. The van der Waals surface area contributed by atoms with Gasteiger partial charge in [-0.3, -0.25) is 0 Å². The van der Waals surface area contributed by atoms with Gasteiger partial charge in [0.1, 0.15) is 0 Å². The van der Waals surface area contributed by atoms with Crippen LogP contribution in [0.2, 0.25) is 0 Å². The topological polar surface area (TPSA) is 72.2 Å². The van der Waals surface area contributed by atoms with E-state index in [1.807, 2.05) is 0 Å². The second kappa shape index (κ2) is 5.46. The first-order chi connectivity index (χ1) is 8.93. The molecule has 1 heterocycles. The highest BCUT2D eigenvalue weighted by Crippen LogP contribution is 2.43. The molecule has 0 amide bonds. The Kier molecular flexibility index (Phi) is 4.10. The fourth-order valence-electron chi connectivity index (χ4n) is 2.35. The van der Waals surface area contributed by atoms with Crippen molar-refractivity contribution in [1.82, 2.24) is 15.5 Å². The van der Waals surface area contributed by atoms with Crippen LogP contribution in [0.5, 0.6) is 0 Å². The van der Waals surface area contributed by atoms with Crippen LogP contribution in [0.15, 0.2) is 4.42 Å². The van der Waals surface area contributed by atoms with Crippen molar-refractivity contribution in [2.45, 2.75) is 58.8 Å². The molecule has 0 radical (unpaired) electrons. The third-order valence-corrected chi connectivity index (χ3v) is 3.89. The van der Waals surface area contributed by atoms with Crippen molar-refractivity contribution in [3.05, 3.63) is 5.89 Å². The Morgan fingerprint density at radius 2 is 2.16 bits per heavy atom. The molecule has 108 valence electrons. The number of nitrogens with zero attached hydrogens (tertiary/aromatic N) is 2. The quantitative estimate of drug-likeness (QED) is 0.819. The van der Waals surface area contributed by atoms with Crippen LogP contribution in [0.25, 0.3) is 0 Å². The van der Waals surface area contributed by atoms with Gasteiger partial charge in [-0.2, -0.15) is 0 Å². The van der Waals surface area contributed by atoms with Gasteiger partial charge in [0.05, 0.1) is 12.6 Å². The first-order valence-corrected chi connectivity index (χ1v) is 6.78. The van der Waals surface area contributed by atoms with E-state index in [4.69, 9.17) is 9.15 Å². The molecule has 2 atom stereocenters. The molecule has 1 aliphatic rings. The Morgan fingerprint density at radius 1 is 1.42 bits per heavy atom. The normalized spacial score (nSPS) is 25.4. The molecule has 6 nitrogen and oxygen atoms in total. The van der Waals surface area contributed by atoms with E-state index in [1.165, 1.54) is 0 Å². The minimum absolute atomic E-state index is 0.0829. The lowest BCUT2D eigenvalue weighted by Gasteiger charge is -2.50. The zero-order valence-electron chi connectivity index (χ0n) is 12.4. The van der Waals surface area contributed by atoms with Gasteiger partial charge in [0, 0.05) is 24.6 Å². The largest absolute Gasteiger partial charge is 0.407 e. The van der Waals surface area contributed by atoms with Crippen molar-refractivity contribution >= 4 is 6.01 Å². The maximum absolute atomic E-state index is 5.57. The molecule has 1 aliphatic carbocycles. The summed E-state index contributed by atoms with van der Waals surface area (Å²) in [6.07, 6.45) is 1.25. The van der Waals surface area contributed by atoms with Crippen molar-refractivity contribution in [3.63, 3.8) is 0 Å². The molecule has 1 aromatic rings. The van der Waals surface area contributed by atoms with Gasteiger partial charge in [0.2, 0.25) is 5.89 Å². The predicted octanol–water partition coefficient (Wildman–Crippen LogP) is 1.79. The number of hydrogen-bond acceptors (Lipinski definition) is 6. The van der Waals surface area contributed by atoms with E-state index < -0.39 is 0 Å². The van der Waals surface area contributed by atoms with Crippen LogP contribution in [-0.4, -0.2) is 35.5 Å².